The predicted molar refractivity (Wildman–Crippen MR) is 121 cm³/mol. The Morgan fingerprint density at radius 1 is 1.07 bits per heavy atom. The first-order valence-electron chi connectivity index (χ1n) is 9.63. The van der Waals surface area contributed by atoms with Gasteiger partial charge in [0.25, 0.3) is 0 Å². The van der Waals surface area contributed by atoms with Gasteiger partial charge in [0.1, 0.15) is 5.76 Å². The van der Waals surface area contributed by atoms with E-state index in [-0.39, 0.29) is 17.0 Å². The Kier molecular flexibility index (Phi) is 6.26. The van der Waals surface area contributed by atoms with E-state index in [9.17, 15) is 9.90 Å². The van der Waals surface area contributed by atoms with Crippen molar-refractivity contribution in [1.82, 2.24) is 0 Å². The summed E-state index contributed by atoms with van der Waals surface area (Å²) < 4.78 is 0. The second-order valence-corrected chi connectivity index (χ2v) is 9.60. The number of aliphatic hydroxyl groups excluding tert-OH is 1. The van der Waals surface area contributed by atoms with Gasteiger partial charge in [-0.3, -0.25) is 4.79 Å². The molecule has 1 fully saturated rings. The molecule has 0 aliphatic carbocycles. The summed E-state index contributed by atoms with van der Waals surface area (Å²) in [5.74, 6) is 2.19. The molecule has 148 valence electrons. The Labute approximate surface area is 177 Å². The van der Waals surface area contributed by atoms with Gasteiger partial charge in [0, 0.05) is 10.4 Å². The first kappa shape index (κ1) is 21.0. The number of benzene rings is 2. The minimum atomic E-state index is -0.332. The van der Waals surface area contributed by atoms with E-state index in [2.05, 4.69) is 13.0 Å². The molecule has 0 radical (unpaired) electrons. The molecule has 1 heterocycles. The number of carbonyl (C=O) groups excluding carboxylic acids is 1. The highest BCUT2D eigenvalue weighted by Gasteiger charge is 2.35. The van der Waals surface area contributed by atoms with Gasteiger partial charge < -0.3 is 5.11 Å². The third kappa shape index (κ3) is 4.16. The largest absolute Gasteiger partial charge is 0.511 e. The van der Waals surface area contributed by atoms with Gasteiger partial charge in [-0.1, -0.05) is 42.8 Å². The van der Waals surface area contributed by atoms with Crippen molar-refractivity contribution in [3.63, 3.8) is 0 Å². The highest BCUT2D eigenvalue weighted by Crippen LogP contribution is 2.43. The van der Waals surface area contributed by atoms with E-state index in [0.29, 0.717) is 10.6 Å². The first-order chi connectivity index (χ1) is 13.2. The summed E-state index contributed by atoms with van der Waals surface area (Å²) in [6.45, 7) is 7.67. The van der Waals surface area contributed by atoms with Gasteiger partial charge in [-0.2, -0.15) is 11.8 Å². The van der Waals surface area contributed by atoms with E-state index in [1.807, 2.05) is 55.9 Å². The quantitative estimate of drug-likeness (QED) is 0.431. The second kappa shape index (κ2) is 8.34. The number of hydrogen-bond acceptors (Lipinski definition) is 3. The fourth-order valence-corrected chi connectivity index (χ4v) is 5.39. The lowest BCUT2D eigenvalue weighted by molar-refractivity contribution is -0.112. The summed E-state index contributed by atoms with van der Waals surface area (Å²) in [5.41, 5.74) is 5.23. The molecule has 0 atom stereocenters. The van der Waals surface area contributed by atoms with Gasteiger partial charge in [-0.15, -0.1) is 0 Å². The van der Waals surface area contributed by atoms with Crippen LogP contribution in [0.4, 0.5) is 0 Å². The molecule has 28 heavy (non-hydrogen) atoms. The van der Waals surface area contributed by atoms with Gasteiger partial charge in [-0.25, -0.2) is 0 Å². The maximum absolute atomic E-state index is 12.6. The lowest BCUT2D eigenvalue weighted by atomic mass is 9.77. The van der Waals surface area contributed by atoms with Gasteiger partial charge in [-0.05, 0) is 85.1 Å². The lowest BCUT2D eigenvalue weighted by Gasteiger charge is -2.34. The summed E-state index contributed by atoms with van der Waals surface area (Å²) in [4.78, 5) is 12.6. The smallest absolute Gasteiger partial charge is 0.163 e. The molecule has 0 aromatic heterocycles. The Balaban J connectivity index is 2.12. The molecule has 2 nitrogen and oxygen atoms in total. The van der Waals surface area contributed by atoms with E-state index < -0.39 is 0 Å². The molecule has 1 aliphatic heterocycles. The highest BCUT2D eigenvalue weighted by atomic mass is 35.5. The maximum Gasteiger partial charge on any atom is 0.163 e. The number of halogens is 1. The zero-order valence-corrected chi connectivity index (χ0v) is 18.5. The highest BCUT2D eigenvalue weighted by molar-refractivity contribution is 7.99. The normalized spacial score (nSPS) is 17.2. The monoisotopic (exact) mass is 414 g/mol. The first-order valence-corrected chi connectivity index (χ1v) is 11.2. The van der Waals surface area contributed by atoms with Crippen molar-refractivity contribution < 1.29 is 9.90 Å². The van der Waals surface area contributed by atoms with Crippen LogP contribution >= 0.6 is 23.4 Å². The van der Waals surface area contributed by atoms with Crippen LogP contribution in [0.5, 0.6) is 0 Å². The van der Waals surface area contributed by atoms with Crippen LogP contribution in [-0.4, -0.2) is 22.4 Å². The predicted octanol–water partition coefficient (Wildman–Crippen LogP) is 7.02. The van der Waals surface area contributed by atoms with Crippen molar-refractivity contribution in [2.24, 2.45) is 5.41 Å². The van der Waals surface area contributed by atoms with Crippen LogP contribution in [0.1, 0.15) is 43.4 Å². The van der Waals surface area contributed by atoms with E-state index in [1.165, 1.54) is 0 Å². The summed E-state index contributed by atoms with van der Waals surface area (Å²) in [7, 11) is 0. The number of aliphatic hydroxyl groups is 1. The van der Waals surface area contributed by atoms with Crippen LogP contribution in [0.3, 0.4) is 0 Å². The van der Waals surface area contributed by atoms with Crippen LogP contribution in [0.25, 0.3) is 16.7 Å². The molecule has 1 N–H and O–H groups in total. The summed E-state index contributed by atoms with van der Waals surface area (Å²) in [6, 6.07) is 11.9. The van der Waals surface area contributed by atoms with Gasteiger partial charge in [0.15, 0.2) is 5.78 Å². The maximum atomic E-state index is 12.6. The van der Waals surface area contributed by atoms with Crippen molar-refractivity contribution in [2.45, 2.75) is 40.5 Å². The topological polar surface area (TPSA) is 37.3 Å². The fraction of sp³-hybridized carbons (Fsp3) is 0.375. The third-order valence-electron chi connectivity index (χ3n) is 5.75. The number of thioether (sulfide) groups is 1. The van der Waals surface area contributed by atoms with Crippen molar-refractivity contribution >= 4 is 34.7 Å². The molecule has 2 aromatic carbocycles. The molecule has 0 amide bonds. The van der Waals surface area contributed by atoms with Gasteiger partial charge >= 0.3 is 0 Å². The van der Waals surface area contributed by atoms with Crippen LogP contribution in [0.2, 0.25) is 5.02 Å². The standard InChI is InChI=1S/C24H27ClO2S/c1-15-14-21(16(2)13-20(15)18-5-7-19(25)8-6-18)22(17(3)26)23(27)24(4)9-11-28-12-10-24/h5-8,13-14,27H,9-12H2,1-4H3/b23-22-. The van der Waals surface area contributed by atoms with E-state index in [0.717, 1.165) is 52.2 Å². The van der Waals surface area contributed by atoms with Crippen molar-refractivity contribution in [3.8, 4) is 11.1 Å². The van der Waals surface area contributed by atoms with Crippen LogP contribution in [-0.2, 0) is 4.79 Å². The van der Waals surface area contributed by atoms with Crippen molar-refractivity contribution in [3.05, 3.63) is 63.9 Å². The second-order valence-electron chi connectivity index (χ2n) is 7.94. The zero-order valence-electron chi connectivity index (χ0n) is 16.9. The van der Waals surface area contributed by atoms with E-state index in [1.54, 1.807) is 6.92 Å². The molecule has 3 rings (SSSR count). The minimum Gasteiger partial charge on any atom is -0.511 e. The Morgan fingerprint density at radius 3 is 2.25 bits per heavy atom. The summed E-state index contributed by atoms with van der Waals surface area (Å²) >= 11 is 7.93. The van der Waals surface area contributed by atoms with E-state index in [4.69, 9.17) is 11.6 Å². The molecule has 0 bridgehead atoms. The molecule has 1 aliphatic rings. The Hall–Kier alpha value is -1.71. The summed E-state index contributed by atoms with van der Waals surface area (Å²) in [6.07, 6.45) is 1.78. The number of ketones is 1. The number of Topliss-reactive ketones (excluding diaryl/α,β-unsaturated/α-hetero) is 1. The molecular formula is C24H27ClO2S. The average molecular weight is 415 g/mol. The molecule has 1 saturated heterocycles. The SMILES string of the molecule is CC(=O)/C(=C(/O)C1(C)CCSCC1)c1cc(C)c(-c2ccc(Cl)cc2)cc1C. The van der Waals surface area contributed by atoms with E-state index >= 15 is 0 Å². The lowest BCUT2D eigenvalue weighted by Crippen LogP contribution is -2.27. The van der Waals surface area contributed by atoms with Crippen molar-refractivity contribution in [2.75, 3.05) is 11.5 Å². The minimum absolute atomic E-state index is 0.0845. The molecule has 0 saturated carbocycles. The molecule has 2 aromatic rings. The number of allylic oxidation sites excluding steroid dienone is 2. The summed E-state index contributed by atoms with van der Waals surface area (Å²) in [5, 5.41) is 11.9. The molecule has 0 unspecified atom stereocenters. The van der Waals surface area contributed by atoms with Crippen LogP contribution in [0.15, 0.2) is 42.2 Å². The van der Waals surface area contributed by atoms with Crippen LogP contribution in [0, 0.1) is 19.3 Å². The molecular weight excluding hydrogens is 388 g/mol. The Morgan fingerprint density at radius 2 is 1.68 bits per heavy atom. The van der Waals surface area contributed by atoms with Crippen LogP contribution < -0.4 is 0 Å². The Bertz CT molecular complexity index is 922. The number of aryl methyl sites for hydroxylation is 2. The molecule has 0 spiro atoms. The number of hydrogen-bond donors (Lipinski definition) is 1. The zero-order chi connectivity index (χ0) is 20.5. The fourth-order valence-electron chi connectivity index (χ4n) is 3.87. The number of carbonyl (C=O) groups is 1. The number of rotatable bonds is 4. The molecule has 4 heteroatoms. The average Bonchev–Trinajstić information content (AvgIpc) is 2.65. The third-order valence-corrected chi connectivity index (χ3v) is 6.99. The van der Waals surface area contributed by atoms with Crippen molar-refractivity contribution in [1.29, 1.82) is 0 Å². The van der Waals surface area contributed by atoms with Gasteiger partial charge in [0.2, 0.25) is 0 Å². The van der Waals surface area contributed by atoms with Gasteiger partial charge in [0.05, 0.1) is 5.57 Å².